The number of nitrogens with one attached hydrogen (secondary N) is 1. The SMILES string of the molecule is CCOC(=O)C(CCC(F)F)c1ccc(NC(=O)CN=O)cc1. The Morgan fingerprint density at radius 2 is 1.87 bits per heavy atom. The van der Waals surface area contributed by atoms with Crippen molar-refractivity contribution in [1.29, 1.82) is 0 Å². The van der Waals surface area contributed by atoms with E-state index in [0.717, 1.165) is 0 Å². The Kier molecular flexibility index (Phi) is 7.79. The molecule has 0 heterocycles. The van der Waals surface area contributed by atoms with Crippen molar-refractivity contribution in [1.82, 2.24) is 0 Å². The molecule has 23 heavy (non-hydrogen) atoms. The average Bonchev–Trinajstić information content (AvgIpc) is 2.49. The number of esters is 1. The van der Waals surface area contributed by atoms with Crippen LogP contribution in [-0.4, -0.2) is 31.5 Å². The minimum absolute atomic E-state index is 0.0305. The molecule has 1 rings (SSSR count). The number of hydrogen-bond donors (Lipinski definition) is 1. The minimum atomic E-state index is -2.50. The van der Waals surface area contributed by atoms with Crippen LogP contribution in [0.4, 0.5) is 14.5 Å². The molecule has 0 fully saturated rings. The fourth-order valence-electron chi connectivity index (χ4n) is 2.01. The molecular weight excluding hydrogens is 310 g/mol. The Balaban J connectivity index is 2.83. The van der Waals surface area contributed by atoms with E-state index in [0.29, 0.717) is 11.3 Å². The van der Waals surface area contributed by atoms with Crippen LogP contribution in [0, 0.1) is 4.91 Å². The molecule has 1 unspecified atom stereocenters. The van der Waals surface area contributed by atoms with Crippen LogP contribution in [0.25, 0.3) is 0 Å². The van der Waals surface area contributed by atoms with Crippen molar-refractivity contribution in [2.75, 3.05) is 18.5 Å². The first-order chi connectivity index (χ1) is 11.0. The summed E-state index contributed by atoms with van der Waals surface area (Å²) in [6, 6.07) is 6.15. The zero-order chi connectivity index (χ0) is 17.2. The van der Waals surface area contributed by atoms with Crippen molar-refractivity contribution in [3.05, 3.63) is 34.7 Å². The van der Waals surface area contributed by atoms with Gasteiger partial charge in [-0.05, 0) is 31.0 Å². The predicted octanol–water partition coefficient (Wildman–Crippen LogP) is 3.08. The van der Waals surface area contributed by atoms with E-state index < -0.39 is 37.2 Å². The van der Waals surface area contributed by atoms with Gasteiger partial charge < -0.3 is 10.1 Å². The summed E-state index contributed by atoms with van der Waals surface area (Å²) in [6.45, 7) is 1.31. The molecule has 6 nitrogen and oxygen atoms in total. The second-order valence-electron chi connectivity index (χ2n) is 4.73. The van der Waals surface area contributed by atoms with Gasteiger partial charge in [0.25, 0.3) is 0 Å². The van der Waals surface area contributed by atoms with Gasteiger partial charge in [-0.3, -0.25) is 9.59 Å². The highest BCUT2D eigenvalue weighted by Crippen LogP contribution is 2.26. The number of benzene rings is 1. The lowest BCUT2D eigenvalue weighted by Crippen LogP contribution is -2.17. The van der Waals surface area contributed by atoms with E-state index in [1.807, 2.05) is 0 Å². The molecule has 0 spiro atoms. The molecule has 0 bridgehead atoms. The number of halogens is 2. The van der Waals surface area contributed by atoms with Crippen LogP contribution in [0.15, 0.2) is 29.4 Å². The first-order valence-electron chi connectivity index (χ1n) is 7.11. The summed E-state index contributed by atoms with van der Waals surface area (Å²) in [5.41, 5.74) is 0.939. The molecule has 1 atom stereocenters. The Morgan fingerprint density at radius 3 is 2.39 bits per heavy atom. The maximum Gasteiger partial charge on any atom is 0.313 e. The molecule has 1 N–H and O–H groups in total. The van der Waals surface area contributed by atoms with Crippen molar-refractivity contribution in [3.8, 4) is 0 Å². The maximum absolute atomic E-state index is 12.4. The number of nitroso groups, excluding NO2 is 1. The van der Waals surface area contributed by atoms with Crippen LogP contribution >= 0.6 is 0 Å². The van der Waals surface area contributed by atoms with E-state index >= 15 is 0 Å². The van der Waals surface area contributed by atoms with Gasteiger partial charge in [0.1, 0.15) is 0 Å². The van der Waals surface area contributed by atoms with Gasteiger partial charge in [-0.1, -0.05) is 17.3 Å². The van der Waals surface area contributed by atoms with Gasteiger partial charge in [-0.25, -0.2) is 8.78 Å². The molecule has 126 valence electrons. The summed E-state index contributed by atoms with van der Waals surface area (Å²) in [4.78, 5) is 33.1. The first kappa shape index (κ1) is 18.7. The molecule has 0 radical (unpaired) electrons. The van der Waals surface area contributed by atoms with Gasteiger partial charge in [-0.2, -0.15) is 4.91 Å². The first-order valence-corrected chi connectivity index (χ1v) is 7.11. The van der Waals surface area contributed by atoms with Gasteiger partial charge in [0.2, 0.25) is 12.3 Å². The fourth-order valence-corrected chi connectivity index (χ4v) is 2.01. The lowest BCUT2D eigenvalue weighted by Gasteiger charge is -2.16. The van der Waals surface area contributed by atoms with Crippen LogP contribution in [-0.2, 0) is 14.3 Å². The average molecular weight is 328 g/mol. The van der Waals surface area contributed by atoms with Crippen molar-refractivity contribution in [2.45, 2.75) is 32.1 Å². The molecule has 8 heteroatoms. The molecule has 0 aromatic heterocycles. The van der Waals surface area contributed by atoms with Crippen molar-refractivity contribution >= 4 is 17.6 Å². The normalized spacial score (nSPS) is 11.8. The van der Waals surface area contributed by atoms with Gasteiger partial charge in [-0.15, -0.1) is 0 Å². The van der Waals surface area contributed by atoms with E-state index in [2.05, 4.69) is 10.5 Å². The smallest absolute Gasteiger partial charge is 0.313 e. The van der Waals surface area contributed by atoms with Crippen LogP contribution in [0.2, 0.25) is 0 Å². The lowest BCUT2D eigenvalue weighted by molar-refractivity contribution is -0.145. The summed E-state index contributed by atoms with van der Waals surface area (Å²) in [6.07, 6.45) is -2.94. The lowest BCUT2D eigenvalue weighted by atomic mass is 9.94. The number of carbonyl (C=O) groups excluding carboxylic acids is 2. The third kappa shape index (κ3) is 6.50. The van der Waals surface area contributed by atoms with Crippen LogP contribution in [0.5, 0.6) is 0 Å². The molecule has 0 saturated carbocycles. The summed E-state index contributed by atoms with van der Waals surface area (Å²) in [5, 5.41) is 4.91. The molecule has 1 amide bonds. The Bertz CT molecular complexity index is 535. The summed E-state index contributed by atoms with van der Waals surface area (Å²) >= 11 is 0. The monoisotopic (exact) mass is 328 g/mol. The Hall–Kier alpha value is -2.38. The number of alkyl halides is 2. The van der Waals surface area contributed by atoms with Crippen molar-refractivity contribution in [2.24, 2.45) is 5.18 Å². The quantitative estimate of drug-likeness (QED) is 0.557. The van der Waals surface area contributed by atoms with Gasteiger partial charge in [0, 0.05) is 12.1 Å². The molecular formula is C15H18F2N2O4. The minimum Gasteiger partial charge on any atom is -0.466 e. The van der Waals surface area contributed by atoms with E-state index in [1.54, 1.807) is 19.1 Å². The van der Waals surface area contributed by atoms with Crippen molar-refractivity contribution < 1.29 is 23.1 Å². The topological polar surface area (TPSA) is 84.8 Å². The third-order valence-corrected chi connectivity index (χ3v) is 3.05. The van der Waals surface area contributed by atoms with E-state index in [9.17, 15) is 23.3 Å². The van der Waals surface area contributed by atoms with Gasteiger partial charge in [0.15, 0.2) is 6.54 Å². The molecule has 1 aromatic carbocycles. The number of anilines is 1. The number of amides is 1. The maximum atomic E-state index is 12.4. The van der Waals surface area contributed by atoms with Gasteiger partial charge >= 0.3 is 5.97 Å². The van der Waals surface area contributed by atoms with Crippen LogP contribution < -0.4 is 5.32 Å². The molecule has 0 aliphatic rings. The van der Waals surface area contributed by atoms with Crippen LogP contribution in [0.3, 0.4) is 0 Å². The highest BCUT2D eigenvalue weighted by molar-refractivity contribution is 5.92. The molecule has 0 saturated heterocycles. The van der Waals surface area contributed by atoms with Crippen molar-refractivity contribution in [3.63, 3.8) is 0 Å². The zero-order valence-corrected chi connectivity index (χ0v) is 12.6. The van der Waals surface area contributed by atoms with E-state index in [-0.39, 0.29) is 13.0 Å². The molecule has 0 aliphatic heterocycles. The second-order valence-corrected chi connectivity index (χ2v) is 4.73. The number of nitrogens with zero attached hydrogens (tertiary/aromatic N) is 1. The number of hydrogen-bond acceptors (Lipinski definition) is 5. The highest BCUT2D eigenvalue weighted by Gasteiger charge is 2.23. The largest absolute Gasteiger partial charge is 0.466 e. The number of rotatable bonds is 9. The summed E-state index contributed by atoms with van der Waals surface area (Å²) in [7, 11) is 0. The molecule has 0 aliphatic carbocycles. The fraction of sp³-hybridized carbons (Fsp3) is 0.467. The number of carbonyl (C=O) groups is 2. The molecule has 1 aromatic rings. The highest BCUT2D eigenvalue weighted by atomic mass is 19.3. The predicted molar refractivity (Wildman–Crippen MR) is 80.3 cm³/mol. The Morgan fingerprint density at radius 1 is 1.22 bits per heavy atom. The number of ether oxygens (including phenoxy) is 1. The van der Waals surface area contributed by atoms with Crippen LogP contribution in [0.1, 0.15) is 31.2 Å². The zero-order valence-electron chi connectivity index (χ0n) is 12.6. The third-order valence-electron chi connectivity index (χ3n) is 3.05. The Labute approximate surface area is 132 Å². The summed E-state index contributed by atoms with van der Waals surface area (Å²) in [5.74, 6) is -1.91. The van der Waals surface area contributed by atoms with Gasteiger partial charge in [0.05, 0.1) is 12.5 Å². The second kappa shape index (κ2) is 9.60. The summed E-state index contributed by atoms with van der Waals surface area (Å²) < 4.78 is 29.7. The standard InChI is InChI=1S/C15H18F2N2O4/c1-2-23-15(21)12(7-8-13(16)17)10-3-5-11(6-4-10)19-14(20)9-18-22/h3-6,12-13H,2,7-9H2,1H3,(H,19,20). The van der Waals surface area contributed by atoms with E-state index in [4.69, 9.17) is 4.74 Å². The van der Waals surface area contributed by atoms with E-state index in [1.165, 1.54) is 12.1 Å².